The highest BCUT2D eigenvalue weighted by Crippen LogP contribution is 2.43. The van der Waals surface area contributed by atoms with Crippen molar-refractivity contribution in [3.8, 4) is 28.3 Å². The monoisotopic (exact) mass is 536 g/mol. The second-order valence-corrected chi connectivity index (χ2v) is 8.01. The standard InChI is InChI=1S/C24H17ClF4N4O4/c1-3-36-23(35)19-20(18-16(25)8-5-9-17(18)26)32-37-21(19)15-11-30-33(22(15)24(27,28)29)14-7-4-6-13(10-14)31-12(2)34/h4-11H,3H2,1-2H3,(H,31,34). The number of amides is 1. The minimum absolute atomic E-state index is 0.0422. The number of nitrogens with one attached hydrogen (secondary N) is 1. The van der Waals surface area contributed by atoms with Crippen LogP contribution in [-0.4, -0.2) is 33.4 Å². The van der Waals surface area contributed by atoms with E-state index in [1.165, 1.54) is 50.2 Å². The molecule has 4 rings (SSSR count). The van der Waals surface area contributed by atoms with E-state index in [2.05, 4.69) is 15.6 Å². The van der Waals surface area contributed by atoms with E-state index in [1.54, 1.807) is 0 Å². The zero-order valence-electron chi connectivity index (χ0n) is 19.2. The molecule has 4 aromatic rings. The lowest BCUT2D eigenvalue weighted by Crippen LogP contribution is -2.15. The van der Waals surface area contributed by atoms with Crippen molar-refractivity contribution >= 4 is 29.2 Å². The van der Waals surface area contributed by atoms with Gasteiger partial charge in [-0.05, 0) is 37.3 Å². The molecule has 2 aromatic heterocycles. The van der Waals surface area contributed by atoms with Gasteiger partial charge >= 0.3 is 12.1 Å². The van der Waals surface area contributed by atoms with Gasteiger partial charge in [0.05, 0.1) is 34.6 Å². The Bertz CT molecular complexity index is 1480. The third-order valence-electron chi connectivity index (χ3n) is 5.06. The number of hydrogen-bond donors (Lipinski definition) is 1. The fourth-order valence-corrected chi connectivity index (χ4v) is 3.92. The molecule has 0 unspecified atom stereocenters. The molecule has 2 heterocycles. The molecular formula is C24H17ClF4N4O4. The quantitative estimate of drug-likeness (QED) is 0.235. The van der Waals surface area contributed by atoms with Crippen LogP contribution >= 0.6 is 11.6 Å². The molecule has 0 fully saturated rings. The number of aromatic nitrogens is 3. The van der Waals surface area contributed by atoms with E-state index in [1.807, 2.05) is 0 Å². The molecule has 0 aliphatic carbocycles. The van der Waals surface area contributed by atoms with E-state index in [0.29, 0.717) is 4.68 Å². The molecule has 0 aliphatic heterocycles. The van der Waals surface area contributed by atoms with E-state index in [-0.39, 0.29) is 28.6 Å². The average Bonchev–Trinajstić information content (AvgIpc) is 3.43. The molecule has 0 saturated carbocycles. The molecule has 0 radical (unpaired) electrons. The lowest BCUT2D eigenvalue weighted by atomic mass is 10.0. The predicted octanol–water partition coefficient (Wildman–Crippen LogP) is 6.14. The summed E-state index contributed by atoms with van der Waals surface area (Å²) in [7, 11) is 0. The molecule has 2 aromatic carbocycles. The number of benzene rings is 2. The Hall–Kier alpha value is -4.19. The first kappa shape index (κ1) is 25.9. The fourth-order valence-electron chi connectivity index (χ4n) is 3.66. The van der Waals surface area contributed by atoms with Crippen molar-refractivity contribution in [3.63, 3.8) is 0 Å². The maximum atomic E-state index is 14.7. The third kappa shape index (κ3) is 5.05. The third-order valence-corrected chi connectivity index (χ3v) is 5.38. The van der Waals surface area contributed by atoms with E-state index in [0.717, 1.165) is 12.3 Å². The van der Waals surface area contributed by atoms with Gasteiger partial charge in [-0.15, -0.1) is 0 Å². The molecule has 1 amide bonds. The average molecular weight is 537 g/mol. The zero-order valence-corrected chi connectivity index (χ0v) is 19.9. The Kier molecular flexibility index (Phi) is 7.03. The van der Waals surface area contributed by atoms with Crippen molar-refractivity contribution < 1.29 is 36.4 Å². The first-order valence-corrected chi connectivity index (χ1v) is 11.1. The number of alkyl halides is 3. The molecule has 192 valence electrons. The fraction of sp³-hybridized carbons (Fsp3) is 0.167. The predicted molar refractivity (Wildman–Crippen MR) is 125 cm³/mol. The summed E-state index contributed by atoms with van der Waals surface area (Å²) in [5.74, 6) is -3.03. The summed E-state index contributed by atoms with van der Waals surface area (Å²) in [5, 5.41) is 9.88. The lowest BCUT2D eigenvalue weighted by molar-refractivity contribution is -0.142. The number of rotatable bonds is 6. The molecular weight excluding hydrogens is 520 g/mol. The number of nitrogens with zero attached hydrogens (tertiary/aromatic N) is 3. The van der Waals surface area contributed by atoms with E-state index in [4.69, 9.17) is 20.9 Å². The van der Waals surface area contributed by atoms with Crippen LogP contribution in [-0.2, 0) is 15.7 Å². The normalized spacial score (nSPS) is 11.4. The van der Waals surface area contributed by atoms with E-state index >= 15 is 0 Å². The van der Waals surface area contributed by atoms with Crippen LogP contribution in [0.25, 0.3) is 28.3 Å². The van der Waals surface area contributed by atoms with Crippen molar-refractivity contribution in [2.45, 2.75) is 20.0 Å². The van der Waals surface area contributed by atoms with Crippen molar-refractivity contribution in [1.82, 2.24) is 14.9 Å². The number of esters is 1. The Morgan fingerprint density at radius 3 is 2.57 bits per heavy atom. The molecule has 1 N–H and O–H groups in total. The van der Waals surface area contributed by atoms with Gasteiger partial charge in [-0.25, -0.2) is 13.9 Å². The number of halogens is 5. The van der Waals surface area contributed by atoms with E-state index < -0.39 is 52.1 Å². The summed E-state index contributed by atoms with van der Waals surface area (Å²) in [6.45, 7) is 2.61. The van der Waals surface area contributed by atoms with Crippen molar-refractivity contribution in [2.75, 3.05) is 11.9 Å². The summed E-state index contributed by atoms with van der Waals surface area (Å²) < 4.78 is 68.5. The van der Waals surface area contributed by atoms with Gasteiger partial charge in [0.25, 0.3) is 0 Å². The second kappa shape index (κ2) is 10.1. The Balaban J connectivity index is 1.96. The number of hydrogen-bond acceptors (Lipinski definition) is 6. The van der Waals surface area contributed by atoms with Crippen LogP contribution < -0.4 is 5.32 Å². The van der Waals surface area contributed by atoms with Crippen LogP contribution in [0.1, 0.15) is 29.9 Å². The van der Waals surface area contributed by atoms with Crippen molar-refractivity contribution in [3.05, 3.63) is 70.8 Å². The summed E-state index contributed by atoms with van der Waals surface area (Å²) >= 11 is 6.11. The van der Waals surface area contributed by atoms with Crippen LogP contribution in [0.3, 0.4) is 0 Å². The largest absolute Gasteiger partial charge is 0.462 e. The first-order chi connectivity index (χ1) is 17.5. The Labute approximate surface area is 211 Å². The maximum Gasteiger partial charge on any atom is 0.434 e. The minimum Gasteiger partial charge on any atom is -0.462 e. The number of carbonyl (C=O) groups is 2. The molecule has 0 spiro atoms. The van der Waals surface area contributed by atoms with Gasteiger partial charge in [-0.1, -0.05) is 28.9 Å². The van der Waals surface area contributed by atoms with Crippen LogP contribution in [0.5, 0.6) is 0 Å². The second-order valence-electron chi connectivity index (χ2n) is 7.60. The molecule has 37 heavy (non-hydrogen) atoms. The first-order valence-electron chi connectivity index (χ1n) is 10.7. The molecule has 0 saturated heterocycles. The number of ether oxygens (including phenoxy) is 1. The van der Waals surface area contributed by atoms with Gasteiger partial charge in [0.1, 0.15) is 17.1 Å². The highest BCUT2D eigenvalue weighted by Gasteiger charge is 2.42. The maximum absolute atomic E-state index is 14.7. The van der Waals surface area contributed by atoms with Gasteiger partial charge in [-0.2, -0.15) is 18.3 Å². The van der Waals surface area contributed by atoms with Crippen LogP contribution in [0.4, 0.5) is 23.2 Å². The Morgan fingerprint density at radius 1 is 1.19 bits per heavy atom. The van der Waals surface area contributed by atoms with Gasteiger partial charge in [0.2, 0.25) is 5.91 Å². The van der Waals surface area contributed by atoms with Gasteiger partial charge in [0.15, 0.2) is 11.5 Å². The number of anilines is 1. The minimum atomic E-state index is -5.00. The Morgan fingerprint density at radius 2 is 1.92 bits per heavy atom. The number of carbonyl (C=O) groups excluding carboxylic acids is 2. The summed E-state index contributed by atoms with van der Waals surface area (Å²) in [6, 6.07) is 9.23. The molecule has 0 bridgehead atoms. The van der Waals surface area contributed by atoms with Gasteiger partial charge in [-0.3, -0.25) is 4.79 Å². The summed E-state index contributed by atoms with van der Waals surface area (Å²) in [4.78, 5) is 24.3. The van der Waals surface area contributed by atoms with Gasteiger partial charge in [0, 0.05) is 12.6 Å². The SMILES string of the molecule is CCOC(=O)c1c(-c2c(F)cccc2Cl)noc1-c1cnn(-c2cccc(NC(C)=O)c2)c1C(F)(F)F. The van der Waals surface area contributed by atoms with Gasteiger partial charge < -0.3 is 14.6 Å². The summed E-state index contributed by atoms with van der Waals surface area (Å²) in [5.41, 5.74) is -3.08. The van der Waals surface area contributed by atoms with E-state index in [9.17, 15) is 27.2 Å². The van der Waals surface area contributed by atoms with Crippen molar-refractivity contribution in [2.24, 2.45) is 0 Å². The highest BCUT2D eigenvalue weighted by atomic mass is 35.5. The highest BCUT2D eigenvalue weighted by molar-refractivity contribution is 6.33. The van der Waals surface area contributed by atoms with Crippen LogP contribution in [0.15, 0.2) is 53.2 Å². The molecule has 13 heteroatoms. The molecule has 8 nitrogen and oxygen atoms in total. The van der Waals surface area contributed by atoms with Crippen LogP contribution in [0, 0.1) is 5.82 Å². The zero-order chi connectivity index (χ0) is 26.9. The smallest absolute Gasteiger partial charge is 0.434 e. The van der Waals surface area contributed by atoms with Crippen molar-refractivity contribution in [1.29, 1.82) is 0 Å². The van der Waals surface area contributed by atoms with Crippen LogP contribution in [0.2, 0.25) is 5.02 Å². The molecule has 0 aliphatic rings. The summed E-state index contributed by atoms with van der Waals surface area (Å²) in [6.07, 6.45) is -4.16. The lowest BCUT2D eigenvalue weighted by Gasteiger charge is -2.13. The molecule has 0 atom stereocenters. The topological polar surface area (TPSA) is 99.2 Å².